The molecule has 158 valence electrons. The van der Waals surface area contributed by atoms with E-state index < -0.39 is 0 Å². The lowest BCUT2D eigenvalue weighted by atomic mass is 9.76. The summed E-state index contributed by atoms with van der Waals surface area (Å²) < 4.78 is 5.27. The minimum Gasteiger partial charge on any atom is -0.497 e. The predicted octanol–water partition coefficient (Wildman–Crippen LogP) is 3.66. The third-order valence-corrected chi connectivity index (χ3v) is 6.31. The Morgan fingerprint density at radius 1 is 1.34 bits per heavy atom. The van der Waals surface area contributed by atoms with E-state index in [4.69, 9.17) is 9.84 Å². The lowest BCUT2D eigenvalue weighted by Crippen LogP contribution is -2.21. The van der Waals surface area contributed by atoms with Crippen LogP contribution in [0.4, 0.5) is 5.00 Å². The van der Waals surface area contributed by atoms with Gasteiger partial charge in [-0.1, -0.05) is 19.9 Å². The Hall–Kier alpha value is -2.22. The molecule has 6 nitrogen and oxygen atoms in total. The SMILES string of the molecule is CNCc1ccc(OC)cc1C(=O)Nc1sc2c(c1C=O)CC(C)(C)CC2.CO. The van der Waals surface area contributed by atoms with Gasteiger partial charge >= 0.3 is 0 Å². The van der Waals surface area contributed by atoms with Crippen molar-refractivity contribution in [3.8, 4) is 5.75 Å². The summed E-state index contributed by atoms with van der Waals surface area (Å²) >= 11 is 1.53. The van der Waals surface area contributed by atoms with Crippen LogP contribution in [0.3, 0.4) is 0 Å². The summed E-state index contributed by atoms with van der Waals surface area (Å²) in [6.07, 6.45) is 3.79. The van der Waals surface area contributed by atoms with Gasteiger partial charge in [-0.3, -0.25) is 9.59 Å². The molecule has 0 atom stereocenters. The summed E-state index contributed by atoms with van der Waals surface area (Å²) in [4.78, 5) is 26.0. The normalized spacial score (nSPS) is 14.3. The van der Waals surface area contributed by atoms with Gasteiger partial charge in [0, 0.05) is 24.1 Å². The summed E-state index contributed by atoms with van der Waals surface area (Å²) in [5.74, 6) is 0.406. The molecule has 0 saturated heterocycles. The van der Waals surface area contributed by atoms with Crippen molar-refractivity contribution in [1.29, 1.82) is 0 Å². The molecule has 0 fully saturated rings. The summed E-state index contributed by atoms with van der Waals surface area (Å²) in [5.41, 5.74) is 3.34. The molecule has 3 N–H and O–H groups in total. The first-order valence-corrected chi connectivity index (χ1v) is 10.4. The molecule has 0 bridgehead atoms. The van der Waals surface area contributed by atoms with E-state index in [-0.39, 0.29) is 11.3 Å². The summed E-state index contributed by atoms with van der Waals surface area (Å²) in [6.45, 7) is 5.02. The van der Waals surface area contributed by atoms with Gasteiger partial charge in [-0.15, -0.1) is 11.3 Å². The molecule has 1 aromatic heterocycles. The quantitative estimate of drug-likeness (QED) is 0.623. The van der Waals surface area contributed by atoms with E-state index in [1.54, 1.807) is 13.2 Å². The number of fused-ring (bicyclic) bond motifs is 1. The molecule has 2 aromatic rings. The van der Waals surface area contributed by atoms with Crippen molar-refractivity contribution < 1.29 is 19.4 Å². The smallest absolute Gasteiger partial charge is 0.256 e. The number of amides is 1. The highest BCUT2D eigenvalue weighted by molar-refractivity contribution is 7.17. The van der Waals surface area contributed by atoms with E-state index in [0.717, 1.165) is 43.8 Å². The first-order valence-electron chi connectivity index (χ1n) is 9.56. The van der Waals surface area contributed by atoms with Crippen LogP contribution in [0.2, 0.25) is 0 Å². The van der Waals surface area contributed by atoms with Gasteiger partial charge in [0.2, 0.25) is 0 Å². The number of hydrogen-bond acceptors (Lipinski definition) is 6. The molecular formula is C22H30N2O4S. The summed E-state index contributed by atoms with van der Waals surface area (Å²) in [5, 5.41) is 13.7. The zero-order valence-corrected chi connectivity index (χ0v) is 18.5. The average molecular weight is 419 g/mol. The molecule has 0 saturated carbocycles. The monoisotopic (exact) mass is 418 g/mol. The van der Waals surface area contributed by atoms with Crippen molar-refractivity contribution in [2.45, 2.75) is 39.7 Å². The van der Waals surface area contributed by atoms with Gasteiger partial charge in [0.1, 0.15) is 10.8 Å². The van der Waals surface area contributed by atoms with Crippen molar-refractivity contribution in [2.75, 3.05) is 26.6 Å². The van der Waals surface area contributed by atoms with Crippen LogP contribution >= 0.6 is 11.3 Å². The first-order chi connectivity index (χ1) is 13.9. The summed E-state index contributed by atoms with van der Waals surface area (Å²) in [6, 6.07) is 5.46. The molecule has 0 radical (unpaired) electrons. The maximum atomic E-state index is 13.0. The van der Waals surface area contributed by atoms with Crippen molar-refractivity contribution in [2.24, 2.45) is 5.41 Å². The number of carbonyl (C=O) groups excluding carboxylic acids is 2. The number of aliphatic hydroxyl groups excluding tert-OH is 1. The summed E-state index contributed by atoms with van der Waals surface area (Å²) in [7, 11) is 4.42. The second-order valence-corrected chi connectivity index (χ2v) is 8.82. The van der Waals surface area contributed by atoms with E-state index in [9.17, 15) is 9.59 Å². The van der Waals surface area contributed by atoms with E-state index >= 15 is 0 Å². The van der Waals surface area contributed by atoms with Crippen LogP contribution in [0.1, 0.15) is 57.0 Å². The zero-order valence-electron chi connectivity index (χ0n) is 17.7. The molecule has 0 unspecified atom stereocenters. The van der Waals surface area contributed by atoms with E-state index in [2.05, 4.69) is 24.5 Å². The molecule has 7 heteroatoms. The third-order valence-electron chi connectivity index (χ3n) is 5.09. The molecule has 1 aliphatic carbocycles. The number of nitrogens with one attached hydrogen (secondary N) is 2. The first kappa shape index (κ1) is 23.1. The van der Waals surface area contributed by atoms with Gasteiger partial charge in [-0.05, 0) is 55.0 Å². The van der Waals surface area contributed by atoms with Crippen LogP contribution in [0.15, 0.2) is 18.2 Å². The zero-order chi connectivity index (χ0) is 21.6. The van der Waals surface area contributed by atoms with Gasteiger partial charge in [0.05, 0.1) is 12.7 Å². The molecule has 0 spiro atoms. The Kier molecular flexibility index (Phi) is 7.96. The number of methoxy groups -OCH3 is 1. The van der Waals surface area contributed by atoms with Crippen LogP contribution in [-0.4, -0.2) is 38.6 Å². The number of hydrogen-bond donors (Lipinski definition) is 3. The average Bonchev–Trinajstić information content (AvgIpc) is 3.04. The van der Waals surface area contributed by atoms with E-state index in [0.29, 0.717) is 28.4 Å². The molecular weight excluding hydrogens is 388 g/mol. The highest BCUT2D eigenvalue weighted by Gasteiger charge is 2.30. The standard InChI is InChI=1S/C21H26N2O3S.CH4O/c1-21(2)8-7-18-16(10-21)17(12-24)20(27-18)23-19(25)15-9-14(26-4)6-5-13(15)11-22-3;1-2/h5-6,9,12,22H,7-8,10-11H2,1-4H3,(H,23,25);2H,1H3. The number of ether oxygens (including phenoxy) is 1. The molecule has 1 heterocycles. The van der Waals surface area contributed by atoms with Crippen molar-refractivity contribution in [1.82, 2.24) is 5.32 Å². The Bertz CT molecular complexity index is 874. The highest BCUT2D eigenvalue weighted by atomic mass is 32.1. The predicted molar refractivity (Wildman–Crippen MR) is 117 cm³/mol. The number of aldehydes is 1. The molecule has 0 aliphatic heterocycles. The maximum absolute atomic E-state index is 13.0. The second kappa shape index (κ2) is 10.0. The largest absolute Gasteiger partial charge is 0.497 e. The van der Waals surface area contributed by atoms with Crippen molar-refractivity contribution >= 4 is 28.5 Å². The van der Waals surface area contributed by atoms with Gasteiger partial charge in [-0.2, -0.15) is 0 Å². The van der Waals surface area contributed by atoms with Crippen LogP contribution in [0, 0.1) is 5.41 Å². The number of benzene rings is 1. The fourth-order valence-corrected chi connectivity index (χ4v) is 4.75. The van der Waals surface area contributed by atoms with Gasteiger partial charge in [0.15, 0.2) is 6.29 Å². The lowest BCUT2D eigenvalue weighted by Gasteiger charge is -2.29. The Labute approximate surface area is 176 Å². The number of anilines is 1. The number of rotatable bonds is 6. The number of carbonyl (C=O) groups is 2. The number of thiophene rings is 1. The molecule has 3 rings (SSSR count). The van der Waals surface area contributed by atoms with Crippen molar-refractivity contribution in [3.63, 3.8) is 0 Å². The lowest BCUT2D eigenvalue weighted by molar-refractivity contribution is 0.102. The van der Waals surface area contributed by atoms with Gasteiger partial charge in [0.25, 0.3) is 5.91 Å². The van der Waals surface area contributed by atoms with Crippen LogP contribution in [0.25, 0.3) is 0 Å². The number of aryl methyl sites for hydroxylation is 1. The van der Waals surface area contributed by atoms with Crippen LogP contribution in [-0.2, 0) is 19.4 Å². The topological polar surface area (TPSA) is 87.7 Å². The molecule has 1 aliphatic rings. The van der Waals surface area contributed by atoms with E-state index in [1.807, 2.05) is 19.2 Å². The van der Waals surface area contributed by atoms with Gasteiger partial charge in [-0.25, -0.2) is 0 Å². The molecule has 29 heavy (non-hydrogen) atoms. The minimum absolute atomic E-state index is 0.180. The second-order valence-electron chi connectivity index (χ2n) is 7.71. The van der Waals surface area contributed by atoms with Crippen LogP contribution < -0.4 is 15.4 Å². The minimum atomic E-state index is -0.222. The molecule has 1 amide bonds. The fraction of sp³-hybridized carbons (Fsp3) is 0.455. The Balaban J connectivity index is 0.00000145. The Morgan fingerprint density at radius 3 is 2.69 bits per heavy atom. The Morgan fingerprint density at radius 2 is 2.07 bits per heavy atom. The fourth-order valence-electron chi connectivity index (χ4n) is 3.57. The molecule has 1 aromatic carbocycles. The number of aliphatic hydroxyl groups is 1. The highest BCUT2D eigenvalue weighted by Crippen LogP contribution is 2.43. The van der Waals surface area contributed by atoms with Crippen LogP contribution in [0.5, 0.6) is 5.75 Å². The van der Waals surface area contributed by atoms with Crippen molar-refractivity contribution in [3.05, 3.63) is 45.3 Å². The van der Waals surface area contributed by atoms with Gasteiger partial charge < -0.3 is 20.5 Å². The maximum Gasteiger partial charge on any atom is 0.256 e. The third kappa shape index (κ3) is 5.23. The van der Waals surface area contributed by atoms with E-state index in [1.165, 1.54) is 16.2 Å².